The van der Waals surface area contributed by atoms with Crippen LogP contribution in [0.2, 0.25) is 0 Å². The molecule has 3 heterocycles. The molecule has 1 fully saturated rings. The quantitative estimate of drug-likeness (QED) is 0.730. The lowest BCUT2D eigenvalue weighted by atomic mass is 9.86. The monoisotopic (exact) mass is 268 g/mol. The smallest absolute Gasteiger partial charge is 0.152 e. The van der Waals surface area contributed by atoms with Crippen molar-refractivity contribution in [3.63, 3.8) is 0 Å². The fourth-order valence-corrected chi connectivity index (χ4v) is 3.49. The standard InChI is InChI=1S/C17H20N2O/c1-13-11-16-17(7-9-18(2)10-8-17)20-15-6-4-3-5-14(15)19(16)12-13/h3-6,11-12H,7-10H2,1-2H3. The largest absolute Gasteiger partial charge is 0.479 e. The number of benzene rings is 1. The van der Waals surface area contributed by atoms with E-state index in [4.69, 9.17) is 4.74 Å². The molecule has 0 unspecified atom stereocenters. The first-order valence-electron chi connectivity index (χ1n) is 7.34. The summed E-state index contributed by atoms with van der Waals surface area (Å²) >= 11 is 0. The number of rotatable bonds is 0. The number of hydrogen-bond donors (Lipinski definition) is 0. The molecule has 20 heavy (non-hydrogen) atoms. The highest BCUT2D eigenvalue weighted by atomic mass is 16.5. The van der Waals surface area contributed by atoms with Crippen LogP contribution in [-0.2, 0) is 5.60 Å². The zero-order valence-electron chi connectivity index (χ0n) is 12.1. The summed E-state index contributed by atoms with van der Waals surface area (Å²) in [6.45, 7) is 4.34. The van der Waals surface area contributed by atoms with Gasteiger partial charge in [-0.2, -0.15) is 0 Å². The Hall–Kier alpha value is -1.74. The molecule has 3 heteroatoms. The zero-order valence-corrected chi connectivity index (χ0v) is 12.1. The van der Waals surface area contributed by atoms with Crippen molar-refractivity contribution in [2.45, 2.75) is 25.4 Å². The first-order chi connectivity index (χ1) is 9.68. The SMILES string of the molecule is Cc1cc2n(c1)-c1ccccc1OC21CCN(C)CC1. The molecule has 2 aliphatic rings. The first kappa shape index (κ1) is 12.0. The van der Waals surface area contributed by atoms with Crippen LogP contribution in [0.3, 0.4) is 0 Å². The van der Waals surface area contributed by atoms with Crippen LogP contribution in [-0.4, -0.2) is 29.6 Å². The fraction of sp³-hybridized carbons (Fsp3) is 0.412. The molecule has 1 aromatic heterocycles. The Balaban J connectivity index is 1.88. The number of piperidine rings is 1. The lowest BCUT2D eigenvalue weighted by molar-refractivity contribution is -0.00710. The van der Waals surface area contributed by atoms with Gasteiger partial charge in [0.05, 0.1) is 11.4 Å². The van der Waals surface area contributed by atoms with Crippen LogP contribution in [0.25, 0.3) is 5.69 Å². The highest BCUT2D eigenvalue weighted by molar-refractivity contribution is 5.53. The van der Waals surface area contributed by atoms with Crippen LogP contribution in [0.1, 0.15) is 24.1 Å². The molecule has 0 saturated carbocycles. The van der Waals surface area contributed by atoms with Crippen LogP contribution < -0.4 is 4.74 Å². The highest BCUT2D eigenvalue weighted by Crippen LogP contribution is 2.45. The van der Waals surface area contributed by atoms with Crippen LogP contribution in [0, 0.1) is 6.92 Å². The second-order valence-corrected chi connectivity index (χ2v) is 6.14. The Morgan fingerprint density at radius 1 is 1.15 bits per heavy atom. The summed E-state index contributed by atoms with van der Waals surface area (Å²) in [5.74, 6) is 1.01. The van der Waals surface area contributed by atoms with Crippen LogP contribution in [0.5, 0.6) is 5.75 Å². The Bertz CT molecular complexity index is 651. The third-order valence-corrected chi connectivity index (χ3v) is 4.65. The van der Waals surface area contributed by atoms with Gasteiger partial charge in [0.15, 0.2) is 5.60 Å². The Labute approximate surface area is 119 Å². The molecule has 0 atom stereocenters. The minimum absolute atomic E-state index is 0.144. The van der Waals surface area contributed by atoms with Crippen molar-refractivity contribution in [1.29, 1.82) is 0 Å². The van der Waals surface area contributed by atoms with Crippen molar-refractivity contribution < 1.29 is 4.74 Å². The molecule has 4 rings (SSSR count). The predicted molar refractivity (Wildman–Crippen MR) is 79.5 cm³/mol. The average Bonchev–Trinajstić information content (AvgIpc) is 2.85. The number of likely N-dealkylation sites (tertiary alicyclic amines) is 1. The summed E-state index contributed by atoms with van der Waals surface area (Å²) in [7, 11) is 2.19. The molecule has 0 radical (unpaired) electrons. The van der Waals surface area contributed by atoms with E-state index in [2.05, 4.69) is 60.0 Å². The van der Waals surface area contributed by atoms with Gasteiger partial charge in [0, 0.05) is 32.1 Å². The maximum absolute atomic E-state index is 6.50. The number of nitrogens with zero attached hydrogens (tertiary/aromatic N) is 2. The molecule has 0 bridgehead atoms. The van der Waals surface area contributed by atoms with Gasteiger partial charge >= 0.3 is 0 Å². The third kappa shape index (κ3) is 1.63. The first-order valence-corrected chi connectivity index (χ1v) is 7.34. The summed E-state index contributed by atoms with van der Waals surface area (Å²) < 4.78 is 8.83. The van der Waals surface area contributed by atoms with Crippen molar-refractivity contribution in [2.75, 3.05) is 20.1 Å². The van der Waals surface area contributed by atoms with Crippen LogP contribution >= 0.6 is 0 Å². The van der Waals surface area contributed by atoms with E-state index >= 15 is 0 Å². The molecule has 1 saturated heterocycles. The van der Waals surface area contributed by atoms with E-state index < -0.39 is 0 Å². The molecule has 0 amide bonds. The summed E-state index contributed by atoms with van der Waals surface area (Å²) in [4.78, 5) is 2.38. The van der Waals surface area contributed by atoms with Crippen molar-refractivity contribution in [3.8, 4) is 11.4 Å². The maximum atomic E-state index is 6.50. The second-order valence-electron chi connectivity index (χ2n) is 6.14. The van der Waals surface area contributed by atoms with Gasteiger partial charge in [-0.1, -0.05) is 12.1 Å². The fourth-order valence-electron chi connectivity index (χ4n) is 3.49. The summed E-state index contributed by atoms with van der Waals surface area (Å²) in [5, 5.41) is 0. The number of para-hydroxylation sites is 2. The molecule has 2 aliphatic heterocycles. The van der Waals surface area contributed by atoms with E-state index in [0.29, 0.717) is 0 Å². The Morgan fingerprint density at radius 2 is 1.90 bits per heavy atom. The topological polar surface area (TPSA) is 17.4 Å². The Kier molecular flexibility index (Phi) is 2.48. The predicted octanol–water partition coefficient (Wildman–Crippen LogP) is 3.10. The second kappa shape index (κ2) is 4.13. The van der Waals surface area contributed by atoms with Crippen molar-refractivity contribution in [3.05, 3.63) is 47.8 Å². The van der Waals surface area contributed by atoms with Crippen molar-refractivity contribution in [1.82, 2.24) is 9.47 Å². The number of fused-ring (bicyclic) bond motifs is 4. The van der Waals surface area contributed by atoms with E-state index in [1.54, 1.807) is 0 Å². The van der Waals surface area contributed by atoms with E-state index in [-0.39, 0.29) is 5.60 Å². The van der Waals surface area contributed by atoms with Gasteiger partial charge in [0.1, 0.15) is 5.75 Å². The highest BCUT2D eigenvalue weighted by Gasteiger charge is 2.43. The Morgan fingerprint density at radius 3 is 2.70 bits per heavy atom. The third-order valence-electron chi connectivity index (χ3n) is 4.65. The molecular formula is C17H20N2O. The van der Waals surface area contributed by atoms with Crippen LogP contribution in [0.15, 0.2) is 36.5 Å². The minimum Gasteiger partial charge on any atom is -0.479 e. The molecule has 2 aromatic rings. The lowest BCUT2D eigenvalue weighted by Crippen LogP contribution is -2.47. The summed E-state index contributed by atoms with van der Waals surface area (Å²) in [6.07, 6.45) is 4.35. The minimum atomic E-state index is -0.144. The van der Waals surface area contributed by atoms with Gasteiger partial charge in [-0.3, -0.25) is 0 Å². The van der Waals surface area contributed by atoms with Gasteiger partial charge in [-0.25, -0.2) is 0 Å². The summed E-state index contributed by atoms with van der Waals surface area (Å²) in [6, 6.07) is 10.7. The molecule has 104 valence electrons. The maximum Gasteiger partial charge on any atom is 0.152 e. The van der Waals surface area contributed by atoms with E-state index in [1.807, 2.05) is 0 Å². The number of ether oxygens (including phenoxy) is 1. The van der Waals surface area contributed by atoms with E-state index in [1.165, 1.54) is 16.9 Å². The zero-order chi connectivity index (χ0) is 13.7. The van der Waals surface area contributed by atoms with Gasteiger partial charge in [0.2, 0.25) is 0 Å². The van der Waals surface area contributed by atoms with Crippen molar-refractivity contribution >= 4 is 0 Å². The van der Waals surface area contributed by atoms with Crippen LogP contribution in [0.4, 0.5) is 0 Å². The molecular weight excluding hydrogens is 248 g/mol. The summed E-state index contributed by atoms with van der Waals surface area (Å²) in [5.41, 5.74) is 3.65. The average molecular weight is 268 g/mol. The number of aromatic nitrogens is 1. The van der Waals surface area contributed by atoms with Gasteiger partial charge in [-0.15, -0.1) is 0 Å². The van der Waals surface area contributed by atoms with E-state index in [0.717, 1.165) is 31.7 Å². The number of aryl methyl sites for hydroxylation is 1. The molecule has 1 spiro atoms. The van der Waals surface area contributed by atoms with Gasteiger partial charge in [-0.05, 0) is 37.7 Å². The molecule has 1 aromatic carbocycles. The lowest BCUT2D eigenvalue weighted by Gasteiger charge is -2.44. The normalized spacial score (nSPS) is 20.3. The molecule has 0 aliphatic carbocycles. The van der Waals surface area contributed by atoms with Gasteiger partial charge in [0.25, 0.3) is 0 Å². The molecule has 0 N–H and O–H groups in total. The van der Waals surface area contributed by atoms with E-state index in [9.17, 15) is 0 Å². The van der Waals surface area contributed by atoms with Gasteiger partial charge < -0.3 is 14.2 Å². The molecule has 3 nitrogen and oxygen atoms in total. The number of hydrogen-bond acceptors (Lipinski definition) is 2. The van der Waals surface area contributed by atoms with Crippen molar-refractivity contribution in [2.24, 2.45) is 0 Å².